The third-order valence-electron chi connectivity index (χ3n) is 2.49. The number of amides is 1. The van der Waals surface area contributed by atoms with Gasteiger partial charge in [0.25, 0.3) is 5.91 Å². The van der Waals surface area contributed by atoms with Gasteiger partial charge in [0.2, 0.25) is 0 Å². The summed E-state index contributed by atoms with van der Waals surface area (Å²) in [5, 5.41) is 8.69. The summed E-state index contributed by atoms with van der Waals surface area (Å²) in [6, 6.07) is 0. The Morgan fingerprint density at radius 2 is 2.25 bits per heavy atom. The minimum absolute atomic E-state index is 0.0735. The average Bonchev–Trinajstić information content (AvgIpc) is 2.62. The van der Waals surface area contributed by atoms with Crippen molar-refractivity contribution in [2.75, 3.05) is 13.1 Å². The molecule has 0 saturated carbocycles. The third kappa shape index (κ3) is 3.34. The summed E-state index contributed by atoms with van der Waals surface area (Å²) in [7, 11) is 0. The second-order valence-electron chi connectivity index (χ2n) is 3.91. The van der Waals surface area contributed by atoms with Gasteiger partial charge in [-0.25, -0.2) is 0 Å². The van der Waals surface area contributed by atoms with Crippen molar-refractivity contribution in [1.29, 1.82) is 0 Å². The van der Waals surface area contributed by atoms with Crippen molar-refractivity contribution >= 4 is 11.9 Å². The van der Waals surface area contributed by atoms with E-state index in [1.54, 1.807) is 0 Å². The largest absolute Gasteiger partial charge is 0.480 e. The molecule has 16 heavy (non-hydrogen) atoms. The van der Waals surface area contributed by atoms with E-state index in [1.807, 2.05) is 6.92 Å². The fourth-order valence-corrected chi connectivity index (χ4v) is 1.74. The van der Waals surface area contributed by atoms with Gasteiger partial charge in [0.05, 0.1) is 6.10 Å². The summed E-state index contributed by atoms with van der Waals surface area (Å²) in [5.41, 5.74) is 0. The number of hydrogen-bond acceptors (Lipinski definition) is 3. The number of aliphatic carboxylic acids is 1. The number of carboxylic acid groups (broad SMARTS) is 1. The summed E-state index contributed by atoms with van der Waals surface area (Å²) >= 11 is 0. The van der Waals surface area contributed by atoms with Gasteiger partial charge in [0, 0.05) is 6.54 Å². The Bertz CT molecular complexity index is 290. The van der Waals surface area contributed by atoms with Gasteiger partial charge in [0.1, 0.15) is 12.6 Å². The first kappa shape index (κ1) is 12.7. The Morgan fingerprint density at radius 3 is 2.69 bits per heavy atom. The van der Waals surface area contributed by atoms with E-state index in [1.165, 1.54) is 11.0 Å². The number of carboxylic acids is 1. The van der Waals surface area contributed by atoms with Gasteiger partial charge in [-0.1, -0.05) is 6.08 Å². The number of ether oxygens (including phenoxy) is 1. The van der Waals surface area contributed by atoms with Crippen LogP contribution in [0.4, 0.5) is 0 Å². The molecule has 1 saturated heterocycles. The zero-order valence-corrected chi connectivity index (χ0v) is 9.39. The van der Waals surface area contributed by atoms with Gasteiger partial charge in [-0.3, -0.25) is 9.59 Å². The topological polar surface area (TPSA) is 66.8 Å². The maximum atomic E-state index is 11.9. The van der Waals surface area contributed by atoms with Crippen molar-refractivity contribution in [3.8, 4) is 0 Å². The first-order chi connectivity index (χ1) is 7.54. The van der Waals surface area contributed by atoms with Crippen LogP contribution in [0.25, 0.3) is 0 Å². The van der Waals surface area contributed by atoms with E-state index in [9.17, 15) is 9.59 Å². The van der Waals surface area contributed by atoms with E-state index < -0.39 is 12.1 Å². The Morgan fingerprint density at radius 1 is 1.56 bits per heavy atom. The van der Waals surface area contributed by atoms with E-state index in [2.05, 4.69) is 6.58 Å². The van der Waals surface area contributed by atoms with E-state index in [0.717, 1.165) is 6.42 Å². The molecule has 0 aromatic rings. The molecule has 0 aromatic heterocycles. The van der Waals surface area contributed by atoms with Gasteiger partial charge in [-0.2, -0.15) is 0 Å². The SMILES string of the molecule is C=CCN(CC(=O)O)C(=O)C1CCC(C)O1. The van der Waals surface area contributed by atoms with Crippen molar-refractivity contribution < 1.29 is 19.4 Å². The molecule has 1 rings (SSSR count). The Balaban J connectivity index is 2.59. The average molecular weight is 227 g/mol. The molecule has 2 atom stereocenters. The van der Waals surface area contributed by atoms with Crippen LogP contribution < -0.4 is 0 Å². The monoisotopic (exact) mass is 227 g/mol. The molecule has 1 amide bonds. The molecule has 0 aromatic carbocycles. The highest BCUT2D eigenvalue weighted by molar-refractivity contribution is 5.85. The molecular formula is C11H17NO4. The summed E-state index contributed by atoms with van der Waals surface area (Å²) in [6.07, 6.45) is 2.59. The predicted molar refractivity (Wildman–Crippen MR) is 58.0 cm³/mol. The minimum atomic E-state index is -1.03. The molecule has 90 valence electrons. The molecule has 0 spiro atoms. The van der Waals surface area contributed by atoms with Gasteiger partial charge < -0.3 is 14.7 Å². The zero-order chi connectivity index (χ0) is 12.1. The molecule has 1 heterocycles. The van der Waals surface area contributed by atoms with Crippen molar-refractivity contribution in [2.24, 2.45) is 0 Å². The molecule has 0 radical (unpaired) electrons. The maximum absolute atomic E-state index is 11.9. The number of carbonyl (C=O) groups is 2. The molecular weight excluding hydrogens is 210 g/mol. The number of nitrogens with zero attached hydrogens (tertiary/aromatic N) is 1. The molecule has 0 aliphatic carbocycles. The smallest absolute Gasteiger partial charge is 0.323 e. The number of hydrogen-bond donors (Lipinski definition) is 1. The van der Waals surface area contributed by atoms with Crippen LogP contribution in [0.1, 0.15) is 19.8 Å². The van der Waals surface area contributed by atoms with Crippen LogP contribution in [-0.2, 0) is 14.3 Å². The summed E-state index contributed by atoms with van der Waals surface area (Å²) < 4.78 is 5.41. The first-order valence-corrected chi connectivity index (χ1v) is 5.31. The lowest BCUT2D eigenvalue weighted by Crippen LogP contribution is -2.42. The third-order valence-corrected chi connectivity index (χ3v) is 2.49. The van der Waals surface area contributed by atoms with Crippen molar-refractivity contribution in [2.45, 2.75) is 32.0 Å². The minimum Gasteiger partial charge on any atom is -0.480 e. The Kier molecular flexibility index (Phi) is 4.49. The zero-order valence-electron chi connectivity index (χ0n) is 9.39. The summed E-state index contributed by atoms with van der Waals surface area (Å²) in [5.74, 6) is -1.28. The highest BCUT2D eigenvalue weighted by Crippen LogP contribution is 2.20. The molecule has 1 N–H and O–H groups in total. The van der Waals surface area contributed by atoms with Crippen LogP contribution in [0.3, 0.4) is 0 Å². The molecule has 5 nitrogen and oxygen atoms in total. The number of carbonyl (C=O) groups excluding carboxylic acids is 1. The molecule has 2 unspecified atom stereocenters. The van der Waals surface area contributed by atoms with E-state index >= 15 is 0 Å². The second-order valence-corrected chi connectivity index (χ2v) is 3.91. The van der Waals surface area contributed by atoms with Crippen molar-refractivity contribution in [3.05, 3.63) is 12.7 Å². The van der Waals surface area contributed by atoms with Crippen LogP contribution in [0.15, 0.2) is 12.7 Å². The normalized spacial score (nSPS) is 24.1. The van der Waals surface area contributed by atoms with Gasteiger partial charge in [-0.15, -0.1) is 6.58 Å². The molecule has 0 bridgehead atoms. The molecule has 1 aliphatic heterocycles. The van der Waals surface area contributed by atoms with Gasteiger partial charge >= 0.3 is 5.97 Å². The van der Waals surface area contributed by atoms with E-state index in [4.69, 9.17) is 9.84 Å². The summed E-state index contributed by atoms with van der Waals surface area (Å²) in [4.78, 5) is 23.8. The first-order valence-electron chi connectivity index (χ1n) is 5.31. The van der Waals surface area contributed by atoms with Crippen LogP contribution in [-0.4, -0.2) is 47.2 Å². The lowest BCUT2D eigenvalue weighted by molar-refractivity contribution is -0.149. The van der Waals surface area contributed by atoms with Crippen LogP contribution in [0, 0.1) is 0 Å². The van der Waals surface area contributed by atoms with Crippen molar-refractivity contribution in [1.82, 2.24) is 4.90 Å². The molecule has 5 heteroatoms. The fourth-order valence-electron chi connectivity index (χ4n) is 1.74. The highest BCUT2D eigenvalue weighted by Gasteiger charge is 2.31. The maximum Gasteiger partial charge on any atom is 0.323 e. The lowest BCUT2D eigenvalue weighted by Gasteiger charge is -2.22. The standard InChI is InChI=1S/C11H17NO4/c1-3-6-12(7-10(13)14)11(15)9-5-4-8(2)16-9/h3,8-9H,1,4-7H2,2H3,(H,13,14). The van der Waals surface area contributed by atoms with E-state index in [-0.39, 0.29) is 25.1 Å². The molecule has 1 aliphatic rings. The Hall–Kier alpha value is -1.36. The highest BCUT2D eigenvalue weighted by atomic mass is 16.5. The van der Waals surface area contributed by atoms with Crippen LogP contribution >= 0.6 is 0 Å². The second kappa shape index (κ2) is 5.65. The summed E-state index contributed by atoms with van der Waals surface area (Å²) in [6.45, 7) is 5.34. The van der Waals surface area contributed by atoms with Gasteiger partial charge in [-0.05, 0) is 19.8 Å². The Labute approximate surface area is 94.7 Å². The lowest BCUT2D eigenvalue weighted by atomic mass is 10.2. The fraction of sp³-hybridized carbons (Fsp3) is 0.636. The molecule has 1 fully saturated rings. The van der Waals surface area contributed by atoms with Crippen molar-refractivity contribution in [3.63, 3.8) is 0 Å². The van der Waals surface area contributed by atoms with Gasteiger partial charge in [0.15, 0.2) is 0 Å². The predicted octanol–water partition coefficient (Wildman–Crippen LogP) is 0.653. The van der Waals surface area contributed by atoms with Crippen LogP contribution in [0.5, 0.6) is 0 Å². The van der Waals surface area contributed by atoms with Crippen LogP contribution in [0.2, 0.25) is 0 Å². The van der Waals surface area contributed by atoms with E-state index in [0.29, 0.717) is 6.42 Å². The quantitative estimate of drug-likeness (QED) is 0.700. The number of rotatable bonds is 5.